The van der Waals surface area contributed by atoms with Crippen LogP contribution in [-0.2, 0) is 0 Å². The first kappa shape index (κ1) is 17.9. The minimum Gasteiger partial charge on any atom is -0.545 e. The molecule has 0 saturated carbocycles. The van der Waals surface area contributed by atoms with Gasteiger partial charge >= 0.3 is 0 Å². The molecule has 2 aromatic carbocycles. The summed E-state index contributed by atoms with van der Waals surface area (Å²) in [6, 6.07) is 12.8. The lowest BCUT2D eigenvalue weighted by Crippen LogP contribution is -2.51. The Hall–Kier alpha value is -2.86. The molecule has 0 radical (unpaired) electrons. The molecule has 0 aromatic heterocycles. The van der Waals surface area contributed by atoms with Crippen LogP contribution in [0.5, 0.6) is 0 Å². The van der Waals surface area contributed by atoms with E-state index in [1.54, 1.807) is 41.3 Å². The number of rotatable bonds is 3. The minimum atomic E-state index is -1.39. The summed E-state index contributed by atoms with van der Waals surface area (Å²) in [5.74, 6) is -1.95. The van der Waals surface area contributed by atoms with Crippen molar-refractivity contribution in [1.82, 2.24) is 9.80 Å². The maximum atomic E-state index is 12.6. The number of nitrogens with zero attached hydrogens (tertiary/aromatic N) is 2. The highest BCUT2D eigenvalue weighted by Crippen LogP contribution is 2.19. The van der Waals surface area contributed by atoms with Crippen LogP contribution in [0.4, 0.5) is 0 Å². The number of benzene rings is 2. The van der Waals surface area contributed by atoms with Gasteiger partial charge in [0.15, 0.2) is 0 Å². The van der Waals surface area contributed by atoms with Gasteiger partial charge in [0.1, 0.15) is 0 Å². The average Bonchev–Trinajstić information content (AvgIpc) is 2.67. The lowest BCUT2D eigenvalue weighted by atomic mass is 10.1. The molecule has 1 aliphatic heterocycles. The lowest BCUT2D eigenvalue weighted by molar-refractivity contribution is -0.255. The number of halogens is 1. The number of carbonyl (C=O) groups is 3. The fourth-order valence-electron chi connectivity index (χ4n) is 2.94. The van der Waals surface area contributed by atoms with E-state index in [2.05, 4.69) is 0 Å². The Labute approximate surface area is 155 Å². The Kier molecular flexibility index (Phi) is 5.23. The smallest absolute Gasteiger partial charge is 0.255 e. The van der Waals surface area contributed by atoms with Crippen molar-refractivity contribution < 1.29 is 19.5 Å². The monoisotopic (exact) mass is 371 g/mol. The van der Waals surface area contributed by atoms with Gasteiger partial charge in [-0.25, -0.2) is 0 Å². The summed E-state index contributed by atoms with van der Waals surface area (Å²) in [5.41, 5.74) is 0.390. The van der Waals surface area contributed by atoms with Gasteiger partial charge in [0.05, 0.1) is 16.6 Å². The maximum absolute atomic E-state index is 12.6. The summed E-state index contributed by atoms with van der Waals surface area (Å²) in [4.78, 5) is 39.6. The Morgan fingerprint density at radius 3 is 1.65 bits per heavy atom. The number of hydrogen-bond acceptors (Lipinski definition) is 4. The molecule has 0 unspecified atom stereocenters. The fraction of sp³-hybridized carbons (Fsp3) is 0.211. The van der Waals surface area contributed by atoms with Gasteiger partial charge in [-0.15, -0.1) is 0 Å². The third-order valence-electron chi connectivity index (χ3n) is 4.34. The molecule has 0 N–H and O–H groups in total. The van der Waals surface area contributed by atoms with Crippen LogP contribution >= 0.6 is 11.6 Å². The van der Waals surface area contributed by atoms with Crippen LogP contribution < -0.4 is 5.11 Å². The molecular weight excluding hydrogens is 356 g/mol. The van der Waals surface area contributed by atoms with Crippen molar-refractivity contribution in [3.8, 4) is 0 Å². The average molecular weight is 372 g/mol. The molecule has 7 heteroatoms. The normalized spacial score (nSPS) is 14.2. The predicted octanol–water partition coefficient (Wildman–Crippen LogP) is 1.30. The molecule has 1 aliphatic rings. The van der Waals surface area contributed by atoms with E-state index in [1.165, 1.54) is 17.0 Å². The van der Waals surface area contributed by atoms with Crippen molar-refractivity contribution in [2.45, 2.75) is 0 Å². The first-order chi connectivity index (χ1) is 12.5. The molecular formula is C19H16ClN2O4-. The highest BCUT2D eigenvalue weighted by atomic mass is 35.5. The Morgan fingerprint density at radius 2 is 1.15 bits per heavy atom. The third kappa shape index (κ3) is 3.55. The maximum Gasteiger partial charge on any atom is 0.255 e. The van der Waals surface area contributed by atoms with Gasteiger partial charge in [0, 0.05) is 37.3 Å². The molecule has 0 aliphatic carbocycles. The van der Waals surface area contributed by atoms with Crippen LogP contribution in [0.25, 0.3) is 0 Å². The molecule has 0 atom stereocenters. The van der Waals surface area contributed by atoms with Gasteiger partial charge in [-0.1, -0.05) is 41.9 Å². The second-order valence-electron chi connectivity index (χ2n) is 5.90. The second kappa shape index (κ2) is 7.58. The van der Waals surface area contributed by atoms with E-state index in [0.29, 0.717) is 36.8 Å². The minimum absolute atomic E-state index is 0.0957. The highest BCUT2D eigenvalue weighted by molar-refractivity contribution is 6.33. The molecule has 2 amide bonds. The molecule has 1 heterocycles. The third-order valence-corrected chi connectivity index (χ3v) is 4.67. The number of aromatic carboxylic acids is 1. The van der Waals surface area contributed by atoms with Crippen molar-refractivity contribution in [3.63, 3.8) is 0 Å². The zero-order valence-corrected chi connectivity index (χ0v) is 14.6. The van der Waals surface area contributed by atoms with Crippen molar-refractivity contribution >= 4 is 29.4 Å². The van der Waals surface area contributed by atoms with Gasteiger partial charge in [-0.3, -0.25) is 9.59 Å². The van der Waals surface area contributed by atoms with Crippen LogP contribution in [0.1, 0.15) is 31.1 Å². The summed E-state index contributed by atoms with van der Waals surface area (Å²) in [7, 11) is 0. The predicted molar refractivity (Wildman–Crippen MR) is 94.0 cm³/mol. The summed E-state index contributed by atoms with van der Waals surface area (Å²) in [5, 5.41) is 11.6. The summed E-state index contributed by atoms with van der Waals surface area (Å²) in [6.07, 6.45) is 0. The molecule has 134 valence electrons. The molecule has 6 nitrogen and oxygen atoms in total. The van der Waals surface area contributed by atoms with E-state index in [0.717, 1.165) is 0 Å². The highest BCUT2D eigenvalue weighted by Gasteiger charge is 2.27. The van der Waals surface area contributed by atoms with E-state index >= 15 is 0 Å². The number of carboxylic acid groups (broad SMARTS) is 1. The first-order valence-electron chi connectivity index (χ1n) is 8.12. The van der Waals surface area contributed by atoms with Crippen molar-refractivity contribution in [2.75, 3.05) is 26.2 Å². The second-order valence-corrected chi connectivity index (χ2v) is 6.30. The summed E-state index contributed by atoms with van der Waals surface area (Å²) >= 11 is 6.07. The Balaban J connectivity index is 1.69. The topological polar surface area (TPSA) is 80.8 Å². The fourth-order valence-corrected chi connectivity index (χ4v) is 3.15. The van der Waals surface area contributed by atoms with E-state index in [-0.39, 0.29) is 22.9 Å². The number of piperazine rings is 1. The molecule has 1 fully saturated rings. The SMILES string of the molecule is O=C([O-])c1ccccc1C(=O)N1CCN(C(=O)c2ccccc2Cl)CC1. The molecule has 2 aromatic rings. The van der Waals surface area contributed by atoms with Gasteiger partial charge in [-0.05, 0) is 18.2 Å². The van der Waals surface area contributed by atoms with E-state index in [4.69, 9.17) is 11.6 Å². The van der Waals surface area contributed by atoms with E-state index in [1.807, 2.05) is 0 Å². The number of hydrogen-bond donors (Lipinski definition) is 0. The van der Waals surface area contributed by atoms with Gasteiger partial charge in [0.25, 0.3) is 11.8 Å². The first-order valence-corrected chi connectivity index (χ1v) is 8.50. The van der Waals surface area contributed by atoms with Crippen LogP contribution in [0, 0.1) is 0 Å². The van der Waals surface area contributed by atoms with Crippen molar-refractivity contribution in [2.24, 2.45) is 0 Å². The van der Waals surface area contributed by atoms with Crippen molar-refractivity contribution in [3.05, 3.63) is 70.2 Å². The molecule has 3 rings (SSSR count). The Morgan fingerprint density at radius 1 is 0.731 bits per heavy atom. The summed E-state index contributed by atoms with van der Waals surface area (Å²) in [6.45, 7) is 1.33. The molecule has 0 bridgehead atoms. The summed E-state index contributed by atoms with van der Waals surface area (Å²) < 4.78 is 0. The quantitative estimate of drug-likeness (QED) is 0.814. The van der Waals surface area contributed by atoms with E-state index in [9.17, 15) is 19.5 Å². The zero-order valence-electron chi connectivity index (χ0n) is 13.9. The van der Waals surface area contributed by atoms with E-state index < -0.39 is 5.97 Å². The standard InChI is InChI=1S/C19H17ClN2O4/c20-16-8-4-3-7-15(16)18(24)22-11-9-21(10-12-22)17(23)13-5-1-2-6-14(13)19(25)26/h1-8H,9-12H2,(H,25,26)/p-1. The number of carboxylic acids is 1. The van der Waals surface area contributed by atoms with Crippen LogP contribution in [0.15, 0.2) is 48.5 Å². The van der Waals surface area contributed by atoms with Gasteiger partial charge in [-0.2, -0.15) is 0 Å². The molecule has 0 spiro atoms. The van der Waals surface area contributed by atoms with Crippen LogP contribution in [0.2, 0.25) is 5.02 Å². The molecule has 26 heavy (non-hydrogen) atoms. The lowest BCUT2D eigenvalue weighted by Gasteiger charge is -2.35. The number of carbonyl (C=O) groups excluding carboxylic acids is 3. The van der Waals surface area contributed by atoms with Gasteiger partial charge in [0.2, 0.25) is 0 Å². The largest absolute Gasteiger partial charge is 0.545 e. The Bertz CT molecular complexity index is 860. The number of amides is 2. The van der Waals surface area contributed by atoms with Gasteiger partial charge < -0.3 is 19.7 Å². The van der Waals surface area contributed by atoms with Crippen LogP contribution in [-0.4, -0.2) is 53.8 Å². The van der Waals surface area contributed by atoms with Crippen LogP contribution in [0.3, 0.4) is 0 Å². The van der Waals surface area contributed by atoms with Crippen molar-refractivity contribution in [1.29, 1.82) is 0 Å². The zero-order chi connectivity index (χ0) is 18.7. The molecule has 1 saturated heterocycles.